The Morgan fingerprint density at radius 1 is 0.759 bits per heavy atom. The van der Waals surface area contributed by atoms with E-state index in [1.165, 1.54) is 5.56 Å². The zero-order valence-electron chi connectivity index (χ0n) is 33.3. The van der Waals surface area contributed by atoms with Gasteiger partial charge in [0.2, 0.25) is 11.8 Å². The molecule has 298 valence electrons. The highest BCUT2D eigenvalue weighted by Gasteiger charge is 2.45. The van der Waals surface area contributed by atoms with Gasteiger partial charge in [-0.3, -0.25) is 34.2 Å². The minimum Gasteiger partial charge on any atom is -0.371 e. The number of piperidine rings is 3. The third-order valence-electron chi connectivity index (χ3n) is 13.3. The van der Waals surface area contributed by atoms with Gasteiger partial charge >= 0.3 is 0 Å². The molecule has 1 aromatic heterocycles. The molecule has 0 saturated carbocycles. The molecular weight excluding hydrogens is 733 g/mol. The lowest BCUT2D eigenvalue weighted by Gasteiger charge is -2.39. The molecule has 0 bridgehead atoms. The van der Waals surface area contributed by atoms with Crippen molar-refractivity contribution in [1.29, 1.82) is 5.26 Å². The van der Waals surface area contributed by atoms with Crippen LogP contribution < -0.4 is 25.6 Å². The molecule has 5 aliphatic rings. The van der Waals surface area contributed by atoms with Gasteiger partial charge in [-0.1, -0.05) is 0 Å². The fourth-order valence-electron chi connectivity index (χ4n) is 9.90. The summed E-state index contributed by atoms with van der Waals surface area (Å²) in [7, 11) is 3.96. The van der Waals surface area contributed by atoms with Crippen LogP contribution in [0.25, 0.3) is 10.9 Å². The first kappa shape index (κ1) is 37.6. The molecule has 3 fully saturated rings. The van der Waals surface area contributed by atoms with Crippen molar-refractivity contribution in [3.63, 3.8) is 0 Å². The van der Waals surface area contributed by atoms with Gasteiger partial charge in [-0.2, -0.15) is 5.26 Å². The van der Waals surface area contributed by atoms with Gasteiger partial charge in [0.15, 0.2) is 0 Å². The molecule has 4 aromatic rings. The number of nitrogens with zero attached hydrogens (tertiary/aromatic N) is 7. The van der Waals surface area contributed by atoms with E-state index in [-0.39, 0.29) is 24.3 Å². The van der Waals surface area contributed by atoms with Crippen molar-refractivity contribution in [2.45, 2.75) is 57.4 Å². The maximum atomic E-state index is 13.4. The van der Waals surface area contributed by atoms with Crippen LogP contribution in [0.4, 0.5) is 22.7 Å². The lowest BCUT2D eigenvalue weighted by atomic mass is 9.87. The number of imide groups is 2. The summed E-state index contributed by atoms with van der Waals surface area (Å²) in [5.74, 6) is -1.05. The highest BCUT2D eigenvalue weighted by atomic mass is 16.2. The number of carbonyl (C=O) groups is 4. The minimum atomic E-state index is -0.973. The van der Waals surface area contributed by atoms with E-state index in [1.807, 2.05) is 44.3 Å². The van der Waals surface area contributed by atoms with Crippen LogP contribution in [0.2, 0.25) is 0 Å². The van der Waals surface area contributed by atoms with E-state index >= 15 is 0 Å². The van der Waals surface area contributed by atoms with Crippen LogP contribution in [0.5, 0.6) is 0 Å². The summed E-state index contributed by atoms with van der Waals surface area (Å²) in [6, 6.07) is 19.2. The van der Waals surface area contributed by atoms with Crippen LogP contribution in [0.1, 0.15) is 81.8 Å². The predicted octanol–water partition coefficient (Wildman–Crippen LogP) is 4.80. The van der Waals surface area contributed by atoms with Crippen molar-refractivity contribution in [3.05, 3.63) is 92.8 Å². The van der Waals surface area contributed by atoms with Gasteiger partial charge in [-0.15, -0.1) is 0 Å². The van der Waals surface area contributed by atoms with E-state index in [4.69, 9.17) is 0 Å². The van der Waals surface area contributed by atoms with E-state index < -0.39 is 23.8 Å². The molecule has 0 aliphatic carbocycles. The standard InChI is InChI=1S/C45H48N8O5/c1-27-20-35-38(49(3)43(27)56)22-31(23-39(35)52-19-18-48(2)36-7-4-29(25-46)21-40(36)52)30-12-14-50(15-13-30)26-28-10-16-51(17-11-28)32-5-6-33-34(24-32)45(58)53(44(33)57)37-8-9-41(54)47-42(37)55/h4-7,20-24,28,30,37H,8-19,26H2,1-3H3,(H,47,54,55). The number of hydrogen-bond donors (Lipinski definition) is 1. The van der Waals surface area contributed by atoms with E-state index in [0.29, 0.717) is 34.1 Å². The average Bonchev–Trinajstić information content (AvgIpc) is 3.48. The molecule has 0 spiro atoms. The fourth-order valence-corrected chi connectivity index (χ4v) is 9.90. The van der Waals surface area contributed by atoms with E-state index in [1.54, 1.807) is 16.7 Å². The Morgan fingerprint density at radius 2 is 1.52 bits per heavy atom. The van der Waals surface area contributed by atoms with Crippen molar-refractivity contribution >= 4 is 57.3 Å². The number of likely N-dealkylation sites (tertiary alicyclic amines) is 1. The van der Waals surface area contributed by atoms with Gasteiger partial charge in [-0.05, 0) is 124 Å². The maximum absolute atomic E-state index is 13.4. The second-order valence-corrected chi connectivity index (χ2v) is 16.7. The van der Waals surface area contributed by atoms with Crippen molar-refractivity contribution in [1.82, 2.24) is 19.7 Å². The van der Waals surface area contributed by atoms with Gasteiger partial charge in [0, 0.05) is 69.9 Å². The zero-order chi connectivity index (χ0) is 40.4. The van der Waals surface area contributed by atoms with Gasteiger partial charge in [0.25, 0.3) is 17.4 Å². The van der Waals surface area contributed by atoms with Crippen LogP contribution in [-0.2, 0) is 16.6 Å². The predicted molar refractivity (Wildman–Crippen MR) is 222 cm³/mol. The SMILES string of the molecule is Cc1cc2c(N3CCN(C)c4ccc(C#N)cc43)cc(C3CCN(CC4CCN(c5ccc6c(c5)C(=O)N(C5CCC(=O)NC5=O)C6=O)CC4)CC3)cc2n(C)c1=O. The van der Waals surface area contributed by atoms with Crippen molar-refractivity contribution < 1.29 is 19.2 Å². The van der Waals surface area contributed by atoms with E-state index in [0.717, 1.165) is 110 Å². The number of carbonyl (C=O) groups excluding carboxylic acids is 4. The number of likely N-dealkylation sites (N-methyl/N-ethyl adjacent to an activating group) is 1. The largest absolute Gasteiger partial charge is 0.371 e. The number of anilines is 4. The number of benzene rings is 3. The molecule has 3 aromatic carbocycles. The minimum absolute atomic E-state index is 0.0122. The van der Waals surface area contributed by atoms with E-state index in [2.05, 4.69) is 50.2 Å². The summed E-state index contributed by atoms with van der Waals surface area (Å²) >= 11 is 0. The third kappa shape index (κ3) is 6.49. The Hall–Kier alpha value is -6.00. The second kappa shape index (κ2) is 14.7. The first-order chi connectivity index (χ1) is 28.0. The summed E-state index contributed by atoms with van der Waals surface area (Å²) in [5.41, 5.74) is 8.22. The molecule has 1 unspecified atom stereocenters. The summed E-state index contributed by atoms with van der Waals surface area (Å²) in [6.07, 6.45) is 4.33. The Morgan fingerprint density at radius 3 is 2.26 bits per heavy atom. The van der Waals surface area contributed by atoms with E-state index in [9.17, 15) is 29.2 Å². The summed E-state index contributed by atoms with van der Waals surface area (Å²) < 4.78 is 1.79. The first-order valence-corrected chi connectivity index (χ1v) is 20.5. The van der Waals surface area contributed by atoms with Crippen LogP contribution >= 0.6 is 0 Å². The van der Waals surface area contributed by atoms with Crippen LogP contribution in [0, 0.1) is 24.2 Å². The quantitative estimate of drug-likeness (QED) is 0.271. The lowest BCUT2D eigenvalue weighted by molar-refractivity contribution is -0.136. The Bertz CT molecular complexity index is 2490. The summed E-state index contributed by atoms with van der Waals surface area (Å²) in [4.78, 5) is 74.4. The van der Waals surface area contributed by atoms with Crippen LogP contribution in [0.3, 0.4) is 0 Å². The number of rotatable bonds is 6. The van der Waals surface area contributed by atoms with Gasteiger partial charge in [-0.25, -0.2) is 0 Å². The monoisotopic (exact) mass is 780 g/mol. The number of nitriles is 1. The molecule has 4 amide bonds. The smallest absolute Gasteiger partial charge is 0.262 e. The maximum Gasteiger partial charge on any atom is 0.262 e. The molecular formula is C45H48N8O5. The second-order valence-electron chi connectivity index (χ2n) is 16.7. The normalized spacial score (nSPS) is 20.8. The molecule has 6 heterocycles. The van der Waals surface area contributed by atoms with Crippen LogP contribution in [0.15, 0.2) is 59.4 Å². The molecule has 13 heteroatoms. The van der Waals surface area contributed by atoms with Crippen molar-refractivity contribution in [2.75, 3.05) is 67.6 Å². The number of aryl methyl sites for hydroxylation is 2. The fraction of sp³-hybridized carbons (Fsp3) is 0.422. The summed E-state index contributed by atoms with van der Waals surface area (Å²) in [5, 5.41) is 13.1. The zero-order valence-corrected chi connectivity index (χ0v) is 33.3. The van der Waals surface area contributed by atoms with Gasteiger partial charge in [0.05, 0.1) is 45.3 Å². The molecule has 1 N–H and O–H groups in total. The van der Waals surface area contributed by atoms with Gasteiger partial charge in [0.1, 0.15) is 6.04 Å². The molecule has 58 heavy (non-hydrogen) atoms. The lowest BCUT2D eigenvalue weighted by Crippen LogP contribution is -2.54. The third-order valence-corrected chi connectivity index (χ3v) is 13.3. The van der Waals surface area contributed by atoms with Crippen molar-refractivity contribution in [2.24, 2.45) is 13.0 Å². The first-order valence-electron chi connectivity index (χ1n) is 20.5. The molecule has 5 aliphatic heterocycles. The molecule has 9 rings (SSSR count). The Kier molecular flexibility index (Phi) is 9.55. The number of nitrogens with one attached hydrogen (secondary N) is 1. The Balaban J connectivity index is 0.863. The number of pyridine rings is 1. The van der Waals surface area contributed by atoms with Crippen LogP contribution in [-0.4, -0.2) is 96.9 Å². The van der Waals surface area contributed by atoms with Crippen molar-refractivity contribution in [3.8, 4) is 6.07 Å². The molecule has 1 atom stereocenters. The summed E-state index contributed by atoms with van der Waals surface area (Å²) in [6.45, 7) is 8.22. The van der Waals surface area contributed by atoms with Gasteiger partial charge < -0.3 is 24.2 Å². The highest BCUT2D eigenvalue weighted by Crippen LogP contribution is 2.43. The topological polar surface area (TPSA) is 142 Å². The number of aromatic nitrogens is 1. The molecule has 3 saturated heterocycles. The average molecular weight is 781 g/mol. The number of fused-ring (bicyclic) bond motifs is 3. The Labute approximate surface area is 337 Å². The molecule has 0 radical (unpaired) electrons. The molecule has 13 nitrogen and oxygen atoms in total. The number of amides is 4. The highest BCUT2D eigenvalue weighted by molar-refractivity contribution is 6.23. The number of hydrogen-bond acceptors (Lipinski definition) is 10.